The molecule has 11 heavy (non-hydrogen) atoms. The second-order valence-electron chi connectivity index (χ2n) is 3.16. The van der Waals surface area contributed by atoms with Gasteiger partial charge in [-0.3, -0.25) is 0 Å². The maximum atomic E-state index is 5.59. The summed E-state index contributed by atoms with van der Waals surface area (Å²) in [5, 5.41) is 0. The summed E-state index contributed by atoms with van der Waals surface area (Å²) in [5.74, 6) is 0.954. The van der Waals surface area contributed by atoms with Crippen molar-refractivity contribution in [1.29, 1.82) is 0 Å². The minimum atomic E-state index is -0.149. The first-order chi connectivity index (χ1) is 5.31. The molecule has 0 bridgehead atoms. The molecule has 1 aliphatic heterocycles. The number of furan rings is 1. The predicted octanol–water partition coefficient (Wildman–Crippen LogP) is 2.31. The van der Waals surface area contributed by atoms with Crippen molar-refractivity contribution < 1.29 is 9.15 Å². The van der Waals surface area contributed by atoms with Gasteiger partial charge in [-0.15, -0.1) is 0 Å². The molecular formula is C9H12O2. The molecule has 60 valence electrons. The van der Waals surface area contributed by atoms with E-state index < -0.39 is 0 Å². The number of hydrogen-bond acceptors (Lipinski definition) is 2. The fourth-order valence-corrected chi connectivity index (χ4v) is 1.55. The third-order valence-electron chi connectivity index (χ3n) is 2.26. The average Bonchev–Trinajstić information content (AvgIpc) is 2.55. The van der Waals surface area contributed by atoms with Crippen molar-refractivity contribution in [3.63, 3.8) is 0 Å². The van der Waals surface area contributed by atoms with Crippen LogP contribution in [-0.4, -0.2) is 6.61 Å². The van der Waals surface area contributed by atoms with Gasteiger partial charge in [-0.25, -0.2) is 0 Å². The van der Waals surface area contributed by atoms with E-state index in [1.807, 2.05) is 12.1 Å². The first kappa shape index (κ1) is 6.92. The van der Waals surface area contributed by atoms with Crippen LogP contribution in [0.1, 0.15) is 25.5 Å². The molecule has 0 aromatic carbocycles. The van der Waals surface area contributed by atoms with E-state index >= 15 is 0 Å². The Bertz CT molecular complexity index is 220. The van der Waals surface area contributed by atoms with Crippen LogP contribution >= 0.6 is 0 Å². The molecule has 0 saturated carbocycles. The summed E-state index contributed by atoms with van der Waals surface area (Å²) in [6.07, 6.45) is 3.90. The molecule has 2 rings (SSSR count). The van der Waals surface area contributed by atoms with Crippen molar-refractivity contribution >= 4 is 0 Å². The lowest BCUT2D eigenvalue weighted by Gasteiger charge is -2.19. The van der Waals surface area contributed by atoms with Crippen molar-refractivity contribution in [2.24, 2.45) is 0 Å². The predicted molar refractivity (Wildman–Crippen MR) is 41.2 cm³/mol. The Balaban J connectivity index is 2.27. The van der Waals surface area contributed by atoms with Crippen LogP contribution in [0.25, 0.3) is 0 Å². The Kier molecular flexibility index (Phi) is 1.50. The lowest BCUT2D eigenvalue weighted by Crippen LogP contribution is -2.18. The van der Waals surface area contributed by atoms with E-state index in [9.17, 15) is 0 Å². The van der Waals surface area contributed by atoms with E-state index in [4.69, 9.17) is 9.15 Å². The minimum absolute atomic E-state index is 0.149. The van der Waals surface area contributed by atoms with Gasteiger partial charge in [0.15, 0.2) is 0 Å². The molecule has 1 aliphatic rings. The van der Waals surface area contributed by atoms with Crippen molar-refractivity contribution in [1.82, 2.24) is 0 Å². The molecule has 0 radical (unpaired) electrons. The highest BCUT2D eigenvalue weighted by Crippen LogP contribution is 2.35. The zero-order chi connectivity index (χ0) is 7.73. The molecule has 1 aromatic heterocycles. The first-order valence-corrected chi connectivity index (χ1v) is 3.99. The van der Waals surface area contributed by atoms with Crippen LogP contribution in [0.4, 0.5) is 0 Å². The molecule has 1 aromatic rings. The lowest BCUT2D eigenvalue weighted by molar-refractivity contribution is -0.000857. The summed E-state index contributed by atoms with van der Waals surface area (Å²) in [4.78, 5) is 0. The average molecular weight is 152 g/mol. The highest BCUT2D eigenvalue weighted by molar-refractivity contribution is 5.09. The third kappa shape index (κ3) is 1.07. The van der Waals surface area contributed by atoms with E-state index in [0.29, 0.717) is 0 Å². The molecule has 2 heteroatoms. The topological polar surface area (TPSA) is 22.4 Å². The summed E-state index contributed by atoms with van der Waals surface area (Å²) < 4.78 is 10.9. The summed E-state index contributed by atoms with van der Waals surface area (Å²) >= 11 is 0. The van der Waals surface area contributed by atoms with Crippen LogP contribution in [0.3, 0.4) is 0 Å². The molecule has 2 heterocycles. The highest BCUT2D eigenvalue weighted by atomic mass is 16.5. The van der Waals surface area contributed by atoms with Crippen molar-refractivity contribution in [2.75, 3.05) is 6.61 Å². The van der Waals surface area contributed by atoms with Crippen LogP contribution in [0, 0.1) is 0 Å². The molecule has 1 saturated heterocycles. The lowest BCUT2D eigenvalue weighted by atomic mass is 10.0. The normalized spacial score (nSPS) is 31.0. The van der Waals surface area contributed by atoms with Crippen LogP contribution in [0.5, 0.6) is 0 Å². The molecule has 1 unspecified atom stereocenters. The molecule has 0 aliphatic carbocycles. The van der Waals surface area contributed by atoms with E-state index in [2.05, 4.69) is 6.92 Å². The molecule has 0 amide bonds. The van der Waals surface area contributed by atoms with Gasteiger partial charge in [-0.1, -0.05) is 0 Å². The van der Waals surface area contributed by atoms with Crippen LogP contribution < -0.4 is 0 Å². The van der Waals surface area contributed by atoms with Crippen molar-refractivity contribution in [3.05, 3.63) is 24.2 Å². The quantitative estimate of drug-likeness (QED) is 0.616. The molecular weight excluding hydrogens is 140 g/mol. The van der Waals surface area contributed by atoms with Gasteiger partial charge < -0.3 is 9.15 Å². The van der Waals surface area contributed by atoms with Crippen LogP contribution in [0.2, 0.25) is 0 Å². The largest absolute Gasteiger partial charge is 0.466 e. The van der Waals surface area contributed by atoms with E-state index in [0.717, 1.165) is 25.2 Å². The Hall–Kier alpha value is -0.760. The summed E-state index contributed by atoms with van der Waals surface area (Å²) in [5.41, 5.74) is -0.149. The second-order valence-corrected chi connectivity index (χ2v) is 3.16. The number of rotatable bonds is 1. The van der Waals surface area contributed by atoms with E-state index in [1.54, 1.807) is 6.26 Å². The van der Waals surface area contributed by atoms with Crippen LogP contribution in [0.15, 0.2) is 22.8 Å². The maximum absolute atomic E-state index is 5.59. The Morgan fingerprint density at radius 2 is 2.45 bits per heavy atom. The van der Waals surface area contributed by atoms with Gasteiger partial charge in [-0.2, -0.15) is 0 Å². The summed E-state index contributed by atoms with van der Waals surface area (Å²) in [7, 11) is 0. The minimum Gasteiger partial charge on any atom is -0.466 e. The van der Waals surface area contributed by atoms with Crippen molar-refractivity contribution in [3.8, 4) is 0 Å². The second kappa shape index (κ2) is 2.38. The fourth-order valence-electron chi connectivity index (χ4n) is 1.55. The zero-order valence-electron chi connectivity index (χ0n) is 6.67. The summed E-state index contributed by atoms with van der Waals surface area (Å²) in [6, 6.07) is 3.88. The van der Waals surface area contributed by atoms with Gasteiger partial charge in [0.2, 0.25) is 0 Å². The van der Waals surface area contributed by atoms with Crippen LogP contribution in [-0.2, 0) is 10.3 Å². The van der Waals surface area contributed by atoms with E-state index in [-0.39, 0.29) is 5.60 Å². The SMILES string of the molecule is CC1(c2ccco2)CCCO1. The third-order valence-corrected chi connectivity index (χ3v) is 2.26. The number of ether oxygens (including phenoxy) is 1. The molecule has 1 atom stereocenters. The van der Waals surface area contributed by atoms with Gasteiger partial charge in [0.05, 0.1) is 6.26 Å². The summed E-state index contributed by atoms with van der Waals surface area (Å²) in [6.45, 7) is 2.94. The first-order valence-electron chi connectivity index (χ1n) is 3.99. The van der Waals surface area contributed by atoms with Gasteiger partial charge >= 0.3 is 0 Å². The Morgan fingerprint density at radius 3 is 3.00 bits per heavy atom. The number of hydrogen-bond donors (Lipinski definition) is 0. The van der Waals surface area contributed by atoms with Gasteiger partial charge in [-0.05, 0) is 31.9 Å². The Labute approximate surface area is 66.2 Å². The maximum Gasteiger partial charge on any atom is 0.135 e. The smallest absolute Gasteiger partial charge is 0.135 e. The fraction of sp³-hybridized carbons (Fsp3) is 0.556. The van der Waals surface area contributed by atoms with Gasteiger partial charge in [0, 0.05) is 6.61 Å². The Morgan fingerprint density at radius 1 is 1.55 bits per heavy atom. The molecule has 0 spiro atoms. The molecule has 2 nitrogen and oxygen atoms in total. The molecule has 1 fully saturated rings. The monoisotopic (exact) mass is 152 g/mol. The van der Waals surface area contributed by atoms with Gasteiger partial charge in [0.1, 0.15) is 11.4 Å². The van der Waals surface area contributed by atoms with E-state index in [1.165, 1.54) is 0 Å². The van der Waals surface area contributed by atoms with Crippen molar-refractivity contribution in [2.45, 2.75) is 25.4 Å². The van der Waals surface area contributed by atoms with Gasteiger partial charge in [0.25, 0.3) is 0 Å². The zero-order valence-corrected chi connectivity index (χ0v) is 6.67. The molecule has 0 N–H and O–H groups in total. The highest BCUT2D eigenvalue weighted by Gasteiger charge is 2.34. The standard InChI is InChI=1S/C9H12O2/c1-9(5-3-7-11-9)8-4-2-6-10-8/h2,4,6H,3,5,7H2,1H3.